The van der Waals surface area contributed by atoms with Crippen molar-refractivity contribution >= 4 is 11.9 Å². The van der Waals surface area contributed by atoms with Gasteiger partial charge in [-0.25, -0.2) is 0 Å². The van der Waals surface area contributed by atoms with Crippen LogP contribution < -0.4 is 0 Å². The lowest BCUT2D eigenvalue weighted by atomic mass is 10.3. The van der Waals surface area contributed by atoms with Crippen molar-refractivity contribution in [2.75, 3.05) is 19.7 Å². The number of rotatable bonds is 9. The Hall–Kier alpha value is -2.10. The van der Waals surface area contributed by atoms with E-state index in [9.17, 15) is 9.59 Å². The van der Waals surface area contributed by atoms with Crippen LogP contribution in [0.5, 0.6) is 0 Å². The Bertz CT molecular complexity index is 350. The summed E-state index contributed by atoms with van der Waals surface area (Å²) < 4.78 is 4.85. The fourth-order valence-corrected chi connectivity index (χ4v) is 1.21. The molecule has 0 spiro atoms. The Balaban J connectivity index is -0.000000710. The van der Waals surface area contributed by atoms with Crippen molar-refractivity contribution in [1.82, 2.24) is 4.90 Å². The molecular formula is C19H33NO3. The summed E-state index contributed by atoms with van der Waals surface area (Å²) in [4.78, 5) is 24.2. The van der Waals surface area contributed by atoms with E-state index in [0.29, 0.717) is 19.5 Å². The van der Waals surface area contributed by atoms with Crippen molar-refractivity contribution in [1.29, 1.82) is 0 Å². The highest BCUT2D eigenvalue weighted by molar-refractivity contribution is 5.78. The zero-order chi connectivity index (χ0) is 18.5. The fraction of sp³-hybridized carbons (Fsp3) is 0.474. The van der Waals surface area contributed by atoms with E-state index in [2.05, 4.69) is 19.7 Å². The first kappa shape index (κ1) is 25.8. The quantitative estimate of drug-likeness (QED) is 0.469. The molecule has 0 aliphatic rings. The van der Waals surface area contributed by atoms with Crippen LogP contribution in [0.15, 0.2) is 50.1 Å². The van der Waals surface area contributed by atoms with Crippen molar-refractivity contribution in [3.8, 4) is 0 Å². The van der Waals surface area contributed by atoms with E-state index in [1.54, 1.807) is 42.2 Å². The van der Waals surface area contributed by atoms with Gasteiger partial charge in [0.25, 0.3) is 0 Å². The maximum absolute atomic E-state index is 11.7. The maximum Gasteiger partial charge on any atom is 0.305 e. The third-order valence-electron chi connectivity index (χ3n) is 2.14. The molecule has 23 heavy (non-hydrogen) atoms. The number of hydrogen-bond acceptors (Lipinski definition) is 3. The van der Waals surface area contributed by atoms with Gasteiger partial charge < -0.3 is 9.64 Å². The van der Waals surface area contributed by atoms with Crippen molar-refractivity contribution < 1.29 is 14.3 Å². The monoisotopic (exact) mass is 323 g/mol. The van der Waals surface area contributed by atoms with E-state index >= 15 is 0 Å². The first-order chi connectivity index (χ1) is 11.1. The fourth-order valence-electron chi connectivity index (χ4n) is 1.21. The third-order valence-corrected chi connectivity index (χ3v) is 2.14. The lowest BCUT2D eigenvalue weighted by molar-refractivity contribution is -0.142. The molecule has 1 amide bonds. The molecule has 0 saturated heterocycles. The number of carbonyl (C=O) groups excluding carboxylic acids is 2. The first-order valence-corrected chi connectivity index (χ1v) is 7.94. The maximum atomic E-state index is 11.7. The molecule has 0 bridgehead atoms. The van der Waals surface area contributed by atoms with Crippen molar-refractivity contribution in [3.63, 3.8) is 0 Å². The Kier molecular flexibility index (Phi) is 24.9. The third kappa shape index (κ3) is 19.9. The number of esters is 1. The van der Waals surface area contributed by atoms with Gasteiger partial charge in [-0.3, -0.25) is 9.59 Å². The Morgan fingerprint density at radius 1 is 1.04 bits per heavy atom. The van der Waals surface area contributed by atoms with E-state index < -0.39 is 0 Å². The van der Waals surface area contributed by atoms with Crippen LogP contribution >= 0.6 is 0 Å². The second kappa shape index (κ2) is 22.2. The summed E-state index contributed by atoms with van der Waals surface area (Å²) in [7, 11) is 0. The molecule has 4 heteroatoms. The minimum atomic E-state index is -0.245. The molecule has 0 fully saturated rings. The molecule has 0 aromatic carbocycles. The minimum absolute atomic E-state index is 0.00660. The second-order valence-corrected chi connectivity index (χ2v) is 4.00. The molecule has 4 nitrogen and oxygen atoms in total. The summed E-state index contributed by atoms with van der Waals surface area (Å²) in [6, 6.07) is 0. The zero-order valence-electron chi connectivity index (χ0n) is 15.2. The summed E-state index contributed by atoms with van der Waals surface area (Å²) in [6.45, 7) is 19.4. The first-order valence-electron chi connectivity index (χ1n) is 7.94. The number of allylic oxidation sites excluding steroid dienone is 1. The van der Waals surface area contributed by atoms with Crippen molar-refractivity contribution in [3.05, 3.63) is 50.1 Å². The number of hydrogen-bond donors (Lipinski definition) is 0. The van der Waals surface area contributed by atoms with Gasteiger partial charge in [0, 0.05) is 25.9 Å². The molecule has 0 N–H and O–H groups in total. The van der Waals surface area contributed by atoms with Crippen LogP contribution in [0.2, 0.25) is 0 Å². The molecule has 0 atom stereocenters. The smallest absolute Gasteiger partial charge is 0.305 e. The topological polar surface area (TPSA) is 46.6 Å². The molecule has 0 heterocycles. The average Bonchev–Trinajstić information content (AvgIpc) is 2.56. The number of nitrogens with zero attached hydrogens (tertiary/aromatic N) is 1. The molecule has 0 saturated carbocycles. The van der Waals surface area contributed by atoms with Crippen LogP contribution in [-0.2, 0) is 14.3 Å². The number of amides is 1. The van der Waals surface area contributed by atoms with E-state index in [1.807, 2.05) is 20.8 Å². The van der Waals surface area contributed by atoms with Crippen LogP contribution in [0.25, 0.3) is 0 Å². The number of carbonyl (C=O) groups is 2. The van der Waals surface area contributed by atoms with E-state index in [1.165, 1.54) is 0 Å². The van der Waals surface area contributed by atoms with Gasteiger partial charge in [0.1, 0.15) is 6.61 Å². The predicted molar refractivity (Wildman–Crippen MR) is 99.2 cm³/mol. The average molecular weight is 323 g/mol. The van der Waals surface area contributed by atoms with Crippen molar-refractivity contribution in [2.45, 2.75) is 40.5 Å². The molecule has 0 unspecified atom stereocenters. The van der Waals surface area contributed by atoms with Gasteiger partial charge in [-0.05, 0) is 6.92 Å². The molecule has 0 aromatic rings. The van der Waals surface area contributed by atoms with Gasteiger partial charge in [-0.2, -0.15) is 0 Å². The summed E-state index contributed by atoms with van der Waals surface area (Å²) in [5, 5.41) is 0. The predicted octanol–water partition coefficient (Wildman–Crippen LogP) is 4.31. The summed E-state index contributed by atoms with van der Waals surface area (Å²) in [5.74, 6) is -0.251. The summed E-state index contributed by atoms with van der Waals surface area (Å²) in [5.41, 5.74) is 0. The summed E-state index contributed by atoms with van der Waals surface area (Å²) in [6.07, 6.45) is 9.11. The molecule has 0 aliphatic heterocycles. The normalized spacial score (nSPS) is 8.70. The highest BCUT2D eigenvalue weighted by Gasteiger charge is 2.07. The largest absolute Gasteiger partial charge is 0.461 e. The van der Waals surface area contributed by atoms with Gasteiger partial charge in [0.15, 0.2) is 0 Å². The highest BCUT2D eigenvalue weighted by Crippen LogP contribution is 1.97. The van der Waals surface area contributed by atoms with E-state index in [-0.39, 0.29) is 24.9 Å². The van der Waals surface area contributed by atoms with Crippen LogP contribution in [0, 0.1) is 0 Å². The highest BCUT2D eigenvalue weighted by atomic mass is 16.5. The second-order valence-electron chi connectivity index (χ2n) is 4.00. The summed E-state index contributed by atoms with van der Waals surface area (Å²) >= 11 is 0. The molecule has 0 radical (unpaired) electrons. The lowest BCUT2D eigenvalue weighted by Gasteiger charge is -2.18. The van der Waals surface area contributed by atoms with Gasteiger partial charge in [-0.1, -0.05) is 51.2 Å². The van der Waals surface area contributed by atoms with Gasteiger partial charge >= 0.3 is 5.97 Å². The Morgan fingerprint density at radius 2 is 1.52 bits per heavy atom. The number of ether oxygens (including phenoxy) is 1. The van der Waals surface area contributed by atoms with Crippen LogP contribution in [0.1, 0.15) is 40.5 Å². The molecule has 0 rings (SSSR count). The zero-order valence-corrected chi connectivity index (χ0v) is 15.2. The standard InChI is InChI=1S/C14H21NO3.C3H6.C2H6/c1-4-10-15(11-5-2)13(16)9-7-8-12-18-14(17)6-3;1-3-2;1-2/h4-5,7-8H,1-2,6,9-12H2,3H3;3H,1H2,2H3;1-2H3/b8-7-;;. The van der Waals surface area contributed by atoms with Crippen molar-refractivity contribution in [2.24, 2.45) is 0 Å². The minimum Gasteiger partial charge on any atom is -0.461 e. The lowest BCUT2D eigenvalue weighted by Crippen LogP contribution is -2.30. The molecule has 132 valence electrons. The SMILES string of the molecule is C=CC.C=CCN(CC=C)C(=O)C/C=C\COC(=O)CC.CC. The van der Waals surface area contributed by atoms with E-state index in [0.717, 1.165) is 0 Å². The van der Waals surface area contributed by atoms with Crippen LogP contribution in [-0.4, -0.2) is 36.5 Å². The van der Waals surface area contributed by atoms with Crippen LogP contribution in [0.4, 0.5) is 0 Å². The van der Waals surface area contributed by atoms with Gasteiger partial charge in [0.05, 0.1) is 0 Å². The molecule has 0 aliphatic carbocycles. The van der Waals surface area contributed by atoms with Gasteiger partial charge in [-0.15, -0.1) is 19.7 Å². The molecule has 0 aromatic heterocycles. The molecular weight excluding hydrogens is 290 g/mol. The Morgan fingerprint density at radius 3 is 1.91 bits per heavy atom. The van der Waals surface area contributed by atoms with E-state index in [4.69, 9.17) is 4.74 Å². The Labute approximate surface area is 142 Å². The van der Waals surface area contributed by atoms with Crippen LogP contribution in [0.3, 0.4) is 0 Å². The van der Waals surface area contributed by atoms with Gasteiger partial charge in [0.2, 0.25) is 5.91 Å².